The van der Waals surface area contributed by atoms with Gasteiger partial charge < -0.3 is 14.6 Å². The molecule has 0 bridgehead atoms. The van der Waals surface area contributed by atoms with E-state index in [9.17, 15) is 32.6 Å². The Hall–Kier alpha value is -3.58. The first-order valence-corrected chi connectivity index (χ1v) is 16.3. The molecule has 0 aliphatic heterocycles. The molecule has 0 spiro atoms. The monoisotopic (exact) mass is 668 g/mol. The van der Waals surface area contributed by atoms with Crippen LogP contribution in [0.1, 0.15) is 41.8 Å². The van der Waals surface area contributed by atoms with Crippen molar-refractivity contribution in [2.75, 3.05) is 7.11 Å². The summed E-state index contributed by atoms with van der Waals surface area (Å²) in [5.41, 5.74) is 3.33. The number of carbonyl (C=O) groups is 3. The van der Waals surface area contributed by atoms with E-state index >= 15 is 0 Å². The van der Waals surface area contributed by atoms with Gasteiger partial charge in [-0.25, -0.2) is 13.9 Å². The molecule has 3 N–H and O–H groups in total. The molecule has 0 aromatic heterocycles. The van der Waals surface area contributed by atoms with Gasteiger partial charge in [-0.2, -0.15) is 0 Å². The van der Waals surface area contributed by atoms with Gasteiger partial charge in [0.05, 0.1) is 29.9 Å². The van der Waals surface area contributed by atoms with E-state index in [-0.39, 0.29) is 54.7 Å². The van der Waals surface area contributed by atoms with Gasteiger partial charge in [0.2, 0.25) is 11.8 Å². The van der Waals surface area contributed by atoms with Gasteiger partial charge in [-0.15, -0.1) is 0 Å². The minimum Gasteiger partial charge on any atom is -0.744 e. The summed E-state index contributed by atoms with van der Waals surface area (Å²) in [6.07, 6.45) is 0.424. The zero-order chi connectivity index (χ0) is 33.4. The predicted molar refractivity (Wildman–Crippen MR) is 171 cm³/mol. The smallest absolute Gasteiger partial charge is 0.744 e. The fourth-order valence-corrected chi connectivity index (χ4v) is 6.02. The third kappa shape index (κ3) is 10.2. The molecular formula is C35H37N2NaO8S. The Bertz CT molecular complexity index is 1790. The van der Waals surface area contributed by atoms with Crippen LogP contribution in [0, 0.1) is 17.8 Å². The molecule has 4 rings (SSSR count). The van der Waals surface area contributed by atoms with E-state index in [1.807, 2.05) is 56.3 Å². The maximum absolute atomic E-state index is 14.1. The average Bonchev–Trinajstić information content (AvgIpc) is 3.05. The van der Waals surface area contributed by atoms with Crippen LogP contribution >= 0.6 is 0 Å². The quantitative estimate of drug-likeness (QED) is 0.0602. The number of carbonyl (C=O) groups excluding carboxylic acids is 3. The first kappa shape index (κ1) is 37.9. The fraction of sp³-hybridized carbons (Fsp3) is 0.286. The number of ketones is 1. The van der Waals surface area contributed by atoms with E-state index in [2.05, 4.69) is 5.32 Å². The van der Waals surface area contributed by atoms with Gasteiger partial charge in [0.1, 0.15) is 15.9 Å². The first-order valence-electron chi connectivity index (χ1n) is 14.8. The molecule has 1 unspecified atom stereocenters. The summed E-state index contributed by atoms with van der Waals surface area (Å²) in [5.74, 6) is -3.05. The van der Waals surface area contributed by atoms with Crippen molar-refractivity contribution < 1.29 is 66.9 Å². The van der Waals surface area contributed by atoms with Crippen molar-refractivity contribution in [2.45, 2.75) is 44.0 Å². The fourth-order valence-electron chi connectivity index (χ4n) is 5.55. The Morgan fingerprint density at radius 3 is 2.00 bits per heavy atom. The van der Waals surface area contributed by atoms with E-state index < -0.39 is 50.5 Å². The molecule has 10 nitrogen and oxygen atoms in total. The summed E-state index contributed by atoms with van der Waals surface area (Å²) in [5, 5.41) is 14.5. The molecule has 4 aromatic rings. The second kappa shape index (κ2) is 17.0. The summed E-state index contributed by atoms with van der Waals surface area (Å²) in [7, 11) is -3.17. The van der Waals surface area contributed by atoms with Gasteiger partial charge in [0.25, 0.3) is 0 Å². The van der Waals surface area contributed by atoms with Gasteiger partial charge in [-0.3, -0.25) is 19.6 Å². The normalized spacial score (nSPS) is 13.2. The number of methoxy groups -OCH3 is 1. The van der Waals surface area contributed by atoms with Crippen molar-refractivity contribution in [1.29, 1.82) is 0 Å². The maximum atomic E-state index is 14.1. The Balaban J connectivity index is 0.00000600. The second-order valence-corrected chi connectivity index (χ2v) is 13.0. The number of hydrogen-bond donors (Lipinski definition) is 3. The third-order valence-electron chi connectivity index (χ3n) is 7.92. The van der Waals surface area contributed by atoms with Crippen molar-refractivity contribution in [2.24, 2.45) is 17.8 Å². The van der Waals surface area contributed by atoms with Crippen molar-refractivity contribution in [1.82, 2.24) is 10.8 Å². The number of hydroxylamine groups is 1. The summed E-state index contributed by atoms with van der Waals surface area (Å²) in [6.45, 7) is 3.83. The molecule has 2 amide bonds. The van der Waals surface area contributed by atoms with Crippen LogP contribution < -0.4 is 45.1 Å². The van der Waals surface area contributed by atoms with Crippen LogP contribution in [0.2, 0.25) is 0 Å². The number of ether oxygens (including phenoxy) is 1. The molecule has 0 heterocycles. The number of fused-ring (bicyclic) bond motifs is 1. The third-order valence-corrected chi connectivity index (χ3v) is 8.77. The van der Waals surface area contributed by atoms with Crippen LogP contribution in [-0.4, -0.2) is 48.9 Å². The van der Waals surface area contributed by atoms with E-state index in [1.54, 1.807) is 29.7 Å². The Kier molecular flexibility index (Phi) is 13.7. The van der Waals surface area contributed by atoms with Crippen molar-refractivity contribution >= 4 is 38.5 Å². The van der Waals surface area contributed by atoms with Gasteiger partial charge in [0, 0.05) is 12.0 Å². The van der Waals surface area contributed by atoms with Crippen molar-refractivity contribution in [3.63, 3.8) is 0 Å². The van der Waals surface area contributed by atoms with Gasteiger partial charge in [0.15, 0.2) is 5.78 Å². The SMILES string of the molecule is COc1ccc(C(=O)[C@H](Cc2ccc(S(=O)(=O)[O-])cc2)NC(=O)[C@@H](CC(C)C)C(Cc2ccc3ccccc3c2)C(=O)NO)cc1.[Na+]. The number of amides is 2. The molecule has 4 aromatic carbocycles. The van der Waals surface area contributed by atoms with Gasteiger partial charge in [-0.05, 0) is 77.1 Å². The molecule has 3 atom stereocenters. The number of hydrogen-bond acceptors (Lipinski definition) is 8. The minimum atomic E-state index is -4.67. The molecule has 0 saturated carbocycles. The number of rotatable bonds is 14. The molecule has 47 heavy (non-hydrogen) atoms. The van der Waals surface area contributed by atoms with Gasteiger partial charge >= 0.3 is 29.6 Å². The standard InChI is InChI=1S/C35H38N2O8S.Na/c1-22(2)18-30(31(35(40)37-41)20-24-8-11-25-6-4-5-7-27(25)19-24)34(39)36-32(33(38)26-12-14-28(45-3)15-13-26)21-23-9-16-29(17-10-23)46(42,43)44;/h4-17,19,22,30-32,41H,18,20-21H2,1-3H3,(H,36,39)(H,37,40)(H,42,43,44);/q;+1/p-1/t30-,31?,32-;/m0./s1. The number of nitrogens with one attached hydrogen (secondary N) is 2. The summed E-state index contributed by atoms with van der Waals surface area (Å²) in [4.78, 5) is 40.6. The topological polar surface area (TPSA) is 162 Å². The Morgan fingerprint density at radius 2 is 1.43 bits per heavy atom. The van der Waals surface area contributed by atoms with Gasteiger partial charge in [-0.1, -0.05) is 68.4 Å². The largest absolute Gasteiger partial charge is 1.00 e. The average molecular weight is 669 g/mol. The summed E-state index contributed by atoms with van der Waals surface area (Å²) in [6, 6.07) is 23.9. The van der Waals surface area contributed by atoms with Crippen molar-refractivity contribution in [3.8, 4) is 5.75 Å². The van der Waals surface area contributed by atoms with E-state index in [1.165, 1.54) is 19.2 Å². The van der Waals surface area contributed by atoms with E-state index in [0.717, 1.165) is 28.5 Å². The van der Waals surface area contributed by atoms with Crippen LogP contribution in [0.4, 0.5) is 0 Å². The molecule has 0 aliphatic rings. The van der Waals surface area contributed by atoms with Crippen molar-refractivity contribution in [3.05, 3.63) is 108 Å². The summed E-state index contributed by atoms with van der Waals surface area (Å²) < 4.78 is 39.5. The molecule has 0 fully saturated rings. The van der Waals surface area contributed by atoms with Crippen LogP contribution in [0.3, 0.4) is 0 Å². The maximum Gasteiger partial charge on any atom is 1.00 e. The second-order valence-electron chi connectivity index (χ2n) is 11.7. The van der Waals surface area contributed by atoms with E-state index in [4.69, 9.17) is 4.74 Å². The molecule has 0 aliphatic carbocycles. The molecule has 242 valence electrons. The predicted octanol–water partition coefficient (Wildman–Crippen LogP) is 1.69. The van der Waals surface area contributed by atoms with E-state index in [0.29, 0.717) is 16.9 Å². The Labute approximate surface area is 296 Å². The van der Waals surface area contributed by atoms with Crippen LogP contribution in [0.15, 0.2) is 95.9 Å². The zero-order valence-electron chi connectivity index (χ0n) is 26.8. The van der Waals surface area contributed by atoms with Crippen LogP contribution in [0.5, 0.6) is 5.75 Å². The summed E-state index contributed by atoms with van der Waals surface area (Å²) >= 11 is 0. The number of Topliss-reactive ketones (excluding diaryl/α,β-unsaturated/α-hetero) is 1. The molecule has 0 radical (unpaired) electrons. The molecule has 0 saturated heterocycles. The first-order chi connectivity index (χ1) is 21.9. The molecule has 12 heteroatoms. The zero-order valence-corrected chi connectivity index (χ0v) is 29.6. The molecular weight excluding hydrogens is 631 g/mol. The van der Waals surface area contributed by atoms with Crippen LogP contribution in [0.25, 0.3) is 10.8 Å². The Morgan fingerprint density at radius 1 is 0.809 bits per heavy atom. The number of benzene rings is 4. The minimum absolute atomic E-state index is 0. The van der Waals surface area contributed by atoms with Crippen LogP contribution in [-0.2, 0) is 32.5 Å².